The molecular formula is C19H19FN6O3. The molecule has 3 heterocycles. The van der Waals surface area contributed by atoms with E-state index >= 15 is 0 Å². The lowest BCUT2D eigenvalue weighted by molar-refractivity contribution is 0.130. The van der Waals surface area contributed by atoms with Gasteiger partial charge in [-0.15, -0.1) is 0 Å². The predicted octanol–water partition coefficient (Wildman–Crippen LogP) is 2.57. The third-order valence-corrected chi connectivity index (χ3v) is 5.16. The molecule has 0 unspecified atom stereocenters. The zero-order valence-electron chi connectivity index (χ0n) is 15.5. The van der Waals surface area contributed by atoms with Crippen LogP contribution in [0.15, 0.2) is 24.5 Å². The van der Waals surface area contributed by atoms with Gasteiger partial charge in [-0.05, 0) is 31.0 Å². The van der Waals surface area contributed by atoms with Gasteiger partial charge in [-0.1, -0.05) is 0 Å². The number of nitrogens with zero attached hydrogens (tertiary/aromatic N) is 5. The molecule has 150 valence electrons. The lowest BCUT2D eigenvalue weighted by Crippen LogP contribution is -2.49. The first-order chi connectivity index (χ1) is 14.1. The van der Waals surface area contributed by atoms with E-state index in [2.05, 4.69) is 20.2 Å². The van der Waals surface area contributed by atoms with Gasteiger partial charge in [-0.25, -0.2) is 19.2 Å². The summed E-state index contributed by atoms with van der Waals surface area (Å²) in [5, 5.41) is 20.9. The second-order valence-electron chi connectivity index (χ2n) is 6.85. The van der Waals surface area contributed by atoms with Gasteiger partial charge in [0.1, 0.15) is 18.8 Å². The van der Waals surface area contributed by atoms with E-state index in [1.54, 1.807) is 0 Å². The standard InChI is InChI=1S/C19H19FN6O3/c20-14-9-12(10-21)1-2-15(14)24-17-16-18(23-11-22-17)26(7-8-29-16)13-3-5-25(6-4-13)19(27)28/h1-2,9,11,13H,3-8H2,(H,27,28)(H,22,23,24). The van der Waals surface area contributed by atoms with Crippen molar-refractivity contribution in [2.45, 2.75) is 18.9 Å². The predicted molar refractivity (Wildman–Crippen MR) is 102 cm³/mol. The summed E-state index contributed by atoms with van der Waals surface area (Å²) < 4.78 is 20.0. The highest BCUT2D eigenvalue weighted by molar-refractivity contribution is 5.71. The normalized spacial score (nSPS) is 16.6. The van der Waals surface area contributed by atoms with Gasteiger partial charge in [-0.2, -0.15) is 5.26 Å². The molecule has 2 aromatic rings. The lowest BCUT2D eigenvalue weighted by atomic mass is 10.0. The summed E-state index contributed by atoms with van der Waals surface area (Å²) in [4.78, 5) is 23.2. The molecule has 1 amide bonds. The first-order valence-electron chi connectivity index (χ1n) is 9.26. The second kappa shape index (κ2) is 7.79. The summed E-state index contributed by atoms with van der Waals surface area (Å²) in [6.45, 7) is 2.00. The van der Waals surface area contributed by atoms with E-state index in [0.717, 1.165) is 6.07 Å². The van der Waals surface area contributed by atoms with Gasteiger partial charge in [0.2, 0.25) is 5.75 Å². The zero-order valence-corrected chi connectivity index (χ0v) is 15.5. The zero-order chi connectivity index (χ0) is 20.4. The molecule has 0 spiro atoms. The summed E-state index contributed by atoms with van der Waals surface area (Å²) in [5.74, 6) is 0.816. The molecule has 9 nitrogen and oxygen atoms in total. The van der Waals surface area contributed by atoms with Gasteiger partial charge in [-0.3, -0.25) is 0 Å². The van der Waals surface area contributed by atoms with Crippen LogP contribution in [0.25, 0.3) is 0 Å². The highest BCUT2D eigenvalue weighted by atomic mass is 19.1. The molecule has 1 aromatic heterocycles. The largest absolute Gasteiger partial charge is 0.485 e. The number of ether oxygens (including phenoxy) is 1. The van der Waals surface area contributed by atoms with Gasteiger partial charge < -0.3 is 25.0 Å². The fraction of sp³-hybridized carbons (Fsp3) is 0.368. The van der Waals surface area contributed by atoms with Crippen molar-refractivity contribution in [2.75, 3.05) is 36.5 Å². The number of halogens is 1. The number of amides is 1. The third-order valence-electron chi connectivity index (χ3n) is 5.16. The molecule has 2 N–H and O–H groups in total. The second-order valence-corrected chi connectivity index (χ2v) is 6.85. The van der Waals surface area contributed by atoms with Crippen molar-refractivity contribution >= 4 is 23.4 Å². The van der Waals surface area contributed by atoms with Crippen molar-refractivity contribution in [3.8, 4) is 11.8 Å². The molecule has 0 atom stereocenters. The van der Waals surface area contributed by atoms with Crippen LogP contribution in [0, 0.1) is 17.1 Å². The summed E-state index contributed by atoms with van der Waals surface area (Å²) in [6, 6.07) is 6.18. The Hall–Kier alpha value is -3.61. The Morgan fingerprint density at radius 2 is 2.10 bits per heavy atom. The molecular weight excluding hydrogens is 379 g/mol. The minimum atomic E-state index is -0.899. The number of hydrogen-bond donors (Lipinski definition) is 2. The van der Waals surface area contributed by atoms with Crippen LogP contribution < -0.4 is 15.0 Å². The van der Waals surface area contributed by atoms with Crippen molar-refractivity contribution in [2.24, 2.45) is 0 Å². The highest BCUT2D eigenvalue weighted by Gasteiger charge is 2.32. The summed E-state index contributed by atoms with van der Waals surface area (Å²) in [6.07, 6.45) is 1.88. The number of carbonyl (C=O) groups is 1. The van der Waals surface area contributed by atoms with E-state index in [1.807, 2.05) is 6.07 Å². The number of hydrogen-bond acceptors (Lipinski definition) is 7. The Labute approximate surface area is 166 Å². The molecule has 1 aromatic carbocycles. The maximum absolute atomic E-state index is 14.3. The fourth-order valence-corrected chi connectivity index (χ4v) is 3.68. The SMILES string of the molecule is N#Cc1ccc(Nc2ncnc3c2OCCN3C2CCN(C(=O)O)CC2)c(F)c1. The van der Waals surface area contributed by atoms with Gasteiger partial charge in [0.25, 0.3) is 0 Å². The first kappa shape index (κ1) is 18.7. The number of aromatic nitrogens is 2. The van der Waals surface area contributed by atoms with E-state index in [9.17, 15) is 9.18 Å². The van der Waals surface area contributed by atoms with Crippen LogP contribution in [0.2, 0.25) is 0 Å². The van der Waals surface area contributed by atoms with Gasteiger partial charge in [0, 0.05) is 19.1 Å². The van der Waals surface area contributed by atoms with Crippen LogP contribution in [-0.2, 0) is 0 Å². The summed E-state index contributed by atoms with van der Waals surface area (Å²) >= 11 is 0. The van der Waals surface area contributed by atoms with E-state index in [0.29, 0.717) is 56.5 Å². The van der Waals surface area contributed by atoms with Crippen LogP contribution in [0.5, 0.6) is 5.75 Å². The van der Waals surface area contributed by atoms with E-state index in [1.165, 1.54) is 23.4 Å². The molecule has 1 saturated heterocycles. The maximum atomic E-state index is 14.3. The molecule has 2 aliphatic rings. The average molecular weight is 398 g/mol. The highest BCUT2D eigenvalue weighted by Crippen LogP contribution is 2.38. The quantitative estimate of drug-likeness (QED) is 0.811. The number of anilines is 3. The minimum absolute atomic E-state index is 0.141. The Morgan fingerprint density at radius 3 is 2.79 bits per heavy atom. The maximum Gasteiger partial charge on any atom is 0.407 e. The van der Waals surface area contributed by atoms with E-state index in [4.69, 9.17) is 15.1 Å². The number of rotatable bonds is 3. The fourth-order valence-electron chi connectivity index (χ4n) is 3.68. The monoisotopic (exact) mass is 398 g/mol. The number of nitrogens with one attached hydrogen (secondary N) is 1. The van der Waals surface area contributed by atoms with Crippen molar-refractivity contribution in [3.05, 3.63) is 35.9 Å². The van der Waals surface area contributed by atoms with Crippen molar-refractivity contribution in [1.29, 1.82) is 5.26 Å². The molecule has 2 aliphatic heterocycles. The van der Waals surface area contributed by atoms with Crippen LogP contribution in [0.3, 0.4) is 0 Å². The van der Waals surface area contributed by atoms with E-state index < -0.39 is 11.9 Å². The Kier molecular flexibility index (Phi) is 5.03. The first-order valence-corrected chi connectivity index (χ1v) is 9.26. The van der Waals surface area contributed by atoms with Crippen LogP contribution in [0.1, 0.15) is 18.4 Å². The Bertz CT molecular complexity index is 971. The number of likely N-dealkylation sites (tertiary alicyclic amines) is 1. The smallest absolute Gasteiger partial charge is 0.407 e. The molecule has 0 saturated carbocycles. The topological polar surface area (TPSA) is 115 Å². The van der Waals surface area contributed by atoms with Gasteiger partial charge >= 0.3 is 6.09 Å². The van der Waals surface area contributed by atoms with Crippen LogP contribution >= 0.6 is 0 Å². The lowest BCUT2D eigenvalue weighted by Gasteiger charge is -2.40. The van der Waals surface area contributed by atoms with Crippen molar-refractivity contribution in [1.82, 2.24) is 14.9 Å². The van der Waals surface area contributed by atoms with Gasteiger partial charge in [0.15, 0.2) is 11.6 Å². The van der Waals surface area contributed by atoms with Gasteiger partial charge in [0.05, 0.1) is 23.9 Å². The molecule has 0 aliphatic carbocycles. The molecule has 29 heavy (non-hydrogen) atoms. The minimum Gasteiger partial charge on any atom is -0.485 e. The summed E-state index contributed by atoms with van der Waals surface area (Å²) in [5.41, 5.74) is 0.410. The van der Waals surface area contributed by atoms with E-state index in [-0.39, 0.29) is 17.3 Å². The van der Waals surface area contributed by atoms with Crippen molar-refractivity contribution in [3.63, 3.8) is 0 Å². The number of piperidine rings is 1. The number of nitriles is 1. The Balaban J connectivity index is 1.57. The number of carboxylic acid groups (broad SMARTS) is 1. The molecule has 4 rings (SSSR count). The molecule has 0 radical (unpaired) electrons. The summed E-state index contributed by atoms with van der Waals surface area (Å²) in [7, 11) is 0. The Morgan fingerprint density at radius 1 is 1.31 bits per heavy atom. The average Bonchev–Trinajstić information content (AvgIpc) is 2.75. The van der Waals surface area contributed by atoms with Crippen molar-refractivity contribution < 1.29 is 19.0 Å². The van der Waals surface area contributed by atoms with Crippen LogP contribution in [-0.4, -0.2) is 58.4 Å². The number of fused-ring (bicyclic) bond motifs is 1. The van der Waals surface area contributed by atoms with Crippen LogP contribution in [0.4, 0.5) is 26.5 Å². The number of benzene rings is 1. The molecule has 10 heteroatoms. The molecule has 0 bridgehead atoms. The third kappa shape index (κ3) is 3.71. The molecule has 1 fully saturated rings.